The number of nitriles is 1. The maximum absolute atomic E-state index is 12.3. The Morgan fingerprint density at radius 3 is 2.38 bits per heavy atom. The van der Waals surface area contributed by atoms with Crippen molar-refractivity contribution in [2.45, 2.75) is 46.0 Å². The fourth-order valence-corrected chi connectivity index (χ4v) is 2.99. The third kappa shape index (κ3) is 7.96. The largest absolute Gasteiger partial charge is 0.493 e. The number of methoxy groups -OCH3 is 1. The van der Waals surface area contributed by atoms with Crippen LogP contribution >= 0.6 is 0 Å². The molecule has 2 rings (SSSR count). The van der Waals surface area contributed by atoms with Gasteiger partial charge in [-0.3, -0.25) is 4.79 Å². The Labute approximate surface area is 201 Å². The number of hydrogen-bond donors (Lipinski definition) is 1. The summed E-state index contributed by atoms with van der Waals surface area (Å²) in [5.74, 6) is 0.0498. The van der Waals surface area contributed by atoms with Crippen molar-refractivity contribution in [2.75, 3.05) is 20.3 Å². The van der Waals surface area contributed by atoms with Gasteiger partial charge in [0, 0.05) is 6.54 Å². The van der Waals surface area contributed by atoms with Crippen LogP contribution in [0.15, 0.2) is 48.0 Å². The normalized spacial score (nSPS) is 11.4. The number of esters is 1. The van der Waals surface area contributed by atoms with Crippen molar-refractivity contribution in [2.24, 2.45) is 0 Å². The van der Waals surface area contributed by atoms with Gasteiger partial charge in [0.15, 0.2) is 18.1 Å². The fourth-order valence-electron chi connectivity index (χ4n) is 2.99. The minimum Gasteiger partial charge on any atom is -0.493 e. The monoisotopic (exact) mass is 464 g/mol. The summed E-state index contributed by atoms with van der Waals surface area (Å²) in [4.78, 5) is 24.5. The highest BCUT2D eigenvalue weighted by Gasteiger charge is 2.15. The van der Waals surface area contributed by atoms with Crippen LogP contribution in [0.3, 0.4) is 0 Å². The number of nitrogens with zero attached hydrogens (tertiary/aromatic N) is 1. The lowest BCUT2D eigenvalue weighted by molar-refractivity contribution is -0.136. The van der Waals surface area contributed by atoms with Crippen molar-refractivity contribution < 1.29 is 23.8 Å². The maximum Gasteiger partial charge on any atom is 0.349 e. The van der Waals surface area contributed by atoms with E-state index in [0.29, 0.717) is 23.6 Å². The van der Waals surface area contributed by atoms with E-state index in [9.17, 15) is 14.9 Å². The van der Waals surface area contributed by atoms with Gasteiger partial charge in [-0.05, 0) is 53.3 Å². The van der Waals surface area contributed by atoms with Gasteiger partial charge in [-0.25, -0.2) is 4.79 Å². The van der Waals surface area contributed by atoms with E-state index < -0.39 is 11.9 Å². The Morgan fingerprint density at radius 1 is 1.09 bits per heavy atom. The summed E-state index contributed by atoms with van der Waals surface area (Å²) >= 11 is 0. The first kappa shape index (κ1) is 26.5. The van der Waals surface area contributed by atoms with Crippen molar-refractivity contribution >= 4 is 18.0 Å². The van der Waals surface area contributed by atoms with Crippen LogP contribution in [0.4, 0.5) is 0 Å². The molecule has 1 amide bonds. The van der Waals surface area contributed by atoms with Crippen LogP contribution in [0.5, 0.6) is 17.2 Å². The maximum atomic E-state index is 12.3. The minimum absolute atomic E-state index is 0.0196. The highest BCUT2D eigenvalue weighted by Crippen LogP contribution is 2.29. The SMILES string of the molecule is CCCCNC(=O)/C(C#N)=C/c1ccc(OC(=O)COc2ccc(C(C)(C)C)cc2)c(OC)c1. The molecule has 0 heterocycles. The summed E-state index contributed by atoms with van der Waals surface area (Å²) in [5.41, 5.74) is 1.74. The van der Waals surface area contributed by atoms with Gasteiger partial charge in [-0.2, -0.15) is 5.26 Å². The molecule has 0 aliphatic heterocycles. The van der Waals surface area contributed by atoms with Gasteiger partial charge in [0.05, 0.1) is 7.11 Å². The zero-order chi connectivity index (χ0) is 25.1. The molecule has 0 saturated carbocycles. The number of carbonyl (C=O) groups is 2. The quantitative estimate of drug-likeness (QED) is 0.178. The molecule has 2 aromatic carbocycles. The average molecular weight is 465 g/mol. The summed E-state index contributed by atoms with van der Waals surface area (Å²) in [6, 6.07) is 14.3. The summed E-state index contributed by atoms with van der Waals surface area (Å²) in [6.07, 6.45) is 3.24. The molecule has 0 aliphatic rings. The van der Waals surface area contributed by atoms with E-state index in [-0.39, 0.29) is 23.3 Å². The third-order valence-electron chi connectivity index (χ3n) is 4.98. The smallest absolute Gasteiger partial charge is 0.349 e. The fraction of sp³-hybridized carbons (Fsp3) is 0.370. The number of amides is 1. The Hall–Kier alpha value is -3.79. The van der Waals surface area contributed by atoms with Crippen LogP contribution in [0, 0.1) is 11.3 Å². The number of unbranched alkanes of at least 4 members (excludes halogenated alkanes) is 1. The molecule has 0 fully saturated rings. The van der Waals surface area contributed by atoms with Crippen LogP contribution in [-0.2, 0) is 15.0 Å². The molecule has 0 aliphatic carbocycles. The average Bonchev–Trinajstić information content (AvgIpc) is 2.81. The highest BCUT2D eigenvalue weighted by atomic mass is 16.6. The Bertz CT molecular complexity index is 1060. The van der Waals surface area contributed by atoms with Gasteiger partial charge >= 0.3 is 5.97 Å². The van der Waals surface area contributed by atoms with E-state index in [1.54, 1.807) is 18.2 Å². The molecule has 2 aromatic rings. The van der Waals surface area contributed by atoms with Gasteiger partial charge in [0.1, 0.15) is 17.4 Å². The van der Waals surface area contributed by atoms with Gasteiger partial charge < -0.3 is 19.5 Å². The number of nitrogens with one attached hydrogen (secondary N) is 1. The molecule has 1 N–H and O–H groups in total. The molecule has 0 aromatic heterocycles. The van der Waals surface area contributed by atoms with Crippen LogP contribution in [0.1, 0.15) is 51.7 Å². The predicted octanol–water partition coefficient (Wildman–Crippen LogP) is 4.80. The molecule has 0 atom stereocenters. The molecular weight excluding hydrogens is 432 g/mol. The lowest BCUT2D eigenvalue weighted by Gasteiger charge is -2.19. The topological polar surface area (TPSA) is 97.7 Å². The Balaban J connectivity index is 2.03. The molecule has 0 spiro atoms. The van der Waals surface area contributed by atoms with Crippen molar-refractivity contribution in [3.05, 3.63) is 59.2 Å². The van der Waals surface area contributed by atoms with E-state index in [1.165, 1.54) is 18.7 Å². The lowest BCUT2D eigenvalue weighted by atomic mass is 9.87. The molecule has 180 valence electrons. The second-order valence-electron chi connectivity index (χ2n) is 8.73. The van der Waals surface area contributed by atoms with Crippen molar-refractivity contribution in [1.29, 1.82) is 5.26 Å². The zero-order valence-corrected chi connectivity index (χ0v) is 20.4. The van der Waals surface area contributed by atoms with Gasteiger partial charge in [-0.15, -0.1) is 0 Å². The molecule has 7 heteroatoms. The summed E-state index contributed by atoms with van der Waals surface area (Å²) in [5, 5.41) is 12.0. The molecular formula is C27H32N2O5. The molecule has 0 unspecified atom stereocenters. The molecule has 7 nitrogen and oxygen atoms in total. The van der Waals surface area contributed by atoms with E-state index in [1.807, 2.05) is 37.3 Å². The summed E-state index contributed by atoms with van der Waals surface area (Å²) in [6.45, 7) is 8.63. The van der Waals surface area contributed by atoms with Gasteiger partial charge in [-0.1, -0.05) is 52.3 Å². The van der Waals surface area contributed by atoms with Crippen LogP contribution < -0.4 is 19.5 Å². The van der Waals surface area contributed by atoms with Crippen LogP contribution in [0.2, 0.25) is 0 Å². The van der Waals surface area contributed by atoms with Crippen molar-refractivity contribution in [3.8, 4) is 23.3 Å². The second-order valence-corrected chi connectivity index (χ2v) is 8.73. The highest BCUT2D eigenvalue weighted by molar-refractivity contribution is 6.01. The molecule has 0 radical (unpaired) electrons. The number of carbonyl (C=O) groups excluding carboxylic acids is 2. The summed E-state index contributed by atoms with van der Waals surface area (Å²) < 4.78 is 16.2. The van der Waals surface area contributed by atoms with Crippen molar-refractivity contribution in [3.63, 3.8) is 0 Å². The first-order valence-corrected chi connectivity index (χ1v) is 11.2. The Morgan fingerprint density at radius 2 is 1.79 bits per heavy atom. The number of benzene rings is 2. The van der Waals surface area contributed by atoms with Crippen LogP contribution in [-0.4, -0.2) is 32.1 Å². The van der Waals surface area contributed by atoms with Crippen LogP contribution in [0.25, 0.3) is 6.08 Å². The van der Waals surface area contributed by atoms with Gasteiger partial charge in [0.25, 0.3) is 5.91 Å². The number of ether oxygens (including phenoxy) is 3. The van der Waals surface area contributed by atoms with Gasteiger partial charge in [0.2, 0.25) is 0 Å². The van der Waals surface area contributed by atoms with Crippen molar-refractivity contribution in [1.82, 2.24) is 5.32 Å². The van der Waals surface area contributed by atoms with E-state index in [0.717, 1.165) is 12.8 Å². The standard InChI is InChI=1S/C27H32N2O5/c1-6-7-14-29-26(31)20(17-28)15-19-8-13-23(24(16-19)32-5)34-25(30)18-33-22-11-9-21(10-12-22)27(2,3)4/h8-13,15-16H,6-7,14,18H2,1-5H3,(H,29,31)/b20-15+. The first-order chi connectivity index (χ1) is 16.2. The second kappa shape index (κ2) is 12.4. The predicted molar refractivity (Wildman–Crippen MR) is 131 cm³/mol. The molecule has 0 saturated heterocycles. The number of hydrogen-bond acceptors (Lipinski definition) is 6. The minimum atomic E-state index is -0.588. The van der Waals surface area contributed by atoms with E-state index in [2.05, 4.69) is 26.1 Å². The molecule has 34 heavy (non-hydrogen) atoms. The third-order valence-corrected chi connectivity index (χ3v) is 4.98. The lowest BCUT2D eigenvalue weighted by Crippen LogP contribution is -2.25. The Kier molecular flexibility index (Phi) is 9.69. The summed E-state index contributed by atoms with van der Waals surface area (Å²) in [7, 11) is 1.44. The van der Waals surface area contributed by atoms with E-state index in [4.69, 9.17) is 14.2 Å². The number of rotatable bonds is 10. The van der Waals surface area contributed by atoms with E-state index >= 15 is 0 Å². The molecule has 0 bridgehead atoms. The first-order valence-electron chi connectivity index (χ1n) is 11.2. The zero-order valence-electron chi connectivity index (χ0n) is 20.4.